The molecule has 1 unspecified atom stereocenters. The average molecular weight is 305 g/mol. The summed E-state index contributed by atoms with van der Waals surface area (Å²) in [6, 6.07) is 12.6. The third kappa shape index (κ3) is 3.52. The molecular weight excluding hydrogens is 280 g/mol. The number of hydrogen-bond donors (Lipinski definition) is 0. The number of fused-ring (bicyclic) bond motifs is 1. The molecule has 1 nitrogen and oxygen atoms in total. The first-order chi connectivity index (χ1) is 10.2. The van der Waals surface area contributed by atoms with Gasteiger partial charge in [0.1, 0.15) is 5.75 Å². The number of benzene rings is 2. The van der Waals surface area contributed by atoms with Crippen molar-refractivity contribution in [3.8, 4) is 5.75 Å². The van der Waals surface area contributed by atoms with Crippen LogP contribution in [0.25, 0.3) is 10.8 Å². The van der Waals surface area contributed by atoms with Gasteiger partial charge in [0.2, 0.25) is 0 Å². The van der Waals surface area contributed by atoms with E-state index in [2.05, 4.69) is 38.1 Å². The largest absolute Gasteiger partial charge is 0.496 e. The maximum atomic E-state index is 6.86. The van der Waals surface area contributed by atoms with E-state index in [4.69, 9.17) is 16.3 Å². The van der Waals surface area contributed by atoms with Crippen LogP contribution >= 0.6 is 11.6 Å². The predicted octanol–water partition coefficient (Wildman–Crippen LogP) is 6.34. The monoisotopic (exact) mass is 304 g/mol. The molecule has 0 fully saturated rings. The average Bonchev–Trinajstić information content (AvgIpc) is 2.53. The second-order valence-electron chi connectivity index (χ2n) is 5.64. The summed E-state index contributed by atoms with van der Waals surface area (Å²) in [5.41, 5.74) is 1.24. The Morgan fingerprint density at radius 2 is 1.57 bits per heavy atom. The third-order valence-electron chi connectivity index (χ3n) is 4.17. The minimum absolute atomic E-state index is 0.0701. The molecule has 2 rings (SSSR count). The lowest BCUT2D eigenvalue weighted by molar-refractivity contribution is 0.417. The van der Waals surface area contributed by atoms with Gasteiger partial charge in [-0.2, -0.15) is 0 Å². The Balaban J connectivity index is 2.45. The summed E-state index contributed by atoms with van der Waals surface area (Å²) in [7, 11) is 1.72. The molecule has 114 valence electrons. The van der Waals surface area contributed by atoms with Gasteiger partial charge in [-0.15, -0.1) is 11.6 Å². The molecule has 0 amide bonds. The first-order valence-electron chi connectivity index (χ1n) is 7.92. The summed E-state index contributed by atoms with van der Waals surface area (Å²) < 4.78 is 5.47. The van der Waals surface area contributed by atoms with E-state index in [0.717, 1.165) is 11.1 Å². The Labute approximate surface area is 133 Å². The second kappa shape index (κ2) is 7.70. The summed E-state index contributed by atoms with van der Waals surface area (Å²) in [5, 5.41) is 2.43. The Morgan fingerprint density at radius 3 is 2.14 bits per heavy atom. The Hall–Kier alpha value is -1.21. The van der Waals surface area contributed by atoms with Crippen LogP contribution in [-0.4, -0.2) is 7.11 Å². The maximum Gasteiger partial charge on any atom is 0.126 e. The fourth-order valence-electron chi connectivity index (χ4n) is 3.15. The summed E-state index contributed by atoms with van der Waals surface area (Å²) in [6.07, 6.45) is 4.73. The molecule has 2 heteroatoms. The molecule has 0 heterocycles. The number of alkyl halides is 1. The fraction of sp³-hybridized carbons (Fsp3) is 0.474. The first-order valence-corrected chi connectivity index (χ1v) is 8.36. The zero-order valence-electron chi connectivity index (χ0n) is 13.2. The number of halogens is 1. The zero-order chi connectivity index (χ0) is 15.2. The molecule has 0 N–H and O–H groups in total. The molecule has 0 aromatic heterocycles. The van der Waals surface area contributed by atoms with Crippen LogP contribution in [0.2, 0.25) is 0 Å². The Morgan fingerprint density at radius 1 is 0.952 bits per heavy atom. The minimum atomic E-state index is 0.0701. The summed E-state index contributed by atoms with van der Waals surface area (Å²) in [4.78, 5) is 0. The van der Waals surface area contributed by atoms with Gasteiger partial charge < -0.3 is 4.74 Å². The lowest BCUT2D eigenvalue weighted by Gasteiger charge is -2.23. The van der Waals surface area contributed by atoms with Gasteiger partial charge in [0, 0.05) is 5.39 Å². The van der Waals surface area contributed by atoms with Crippen LogP contribution in [0, 0.1) is 5.92 Å². The molecule has 21 heavy (non-hydrogen) atoms. The van der Waals surface area contributed by atoms with Crippen LogP contribution < -0.4 is 4.74 Å². The zero-order valence-corrected chi connectivity index (χ0v) is 14.0. The number of rotatable bonds is 7. The molecule has 2 aromatic rings. The Bertz CT molecular complexity index is 573. The summed E-state index contributed by atoms with van der Waals surface area (Å²) >= 11 is 6.86. The normalized spacial score (nSPS) is 12.8. The van der Waals surface area contributed by atoms with E-state index in [9.17, 15) is 0 Å². The molecule has 0 spiro atoms. The van der Waals surface area contributed by atoms with Gasteiger partial charge >= 0.3 is 0 Å². The maximum absolute atomic E-state index is 6.86. The lowest BCUT2D eigenvalue weighted by Crippen LogP contribution is -2.08. The lowest BCUT2D eigenvalue weighted by atomic mass is 9.88. The highest BCUT2D eigenvalue weighted by Gasteiger charge is 2.22. The molecule has 0 saturated carbocycles. The number of methoxy groups -OCH3 is 1. The second-order valence-corrected chi connectivity index (χ2v) is 6.11. The van der Waals surface area contributed by atoms with Crippen LogP contribution in [0.5, 0.6) is 5.75 Å². The van der Waals surface area contributed by atoms with Crippen molar-refractivity contribution in [2.24, 2.45) is 5.92 Å². The highest BCUT2D eigenvalue weighted by Crippen LogP contribution is 2.40. The minimum Gasteiger partial charge on any atom is -0.496 e. The van der Waals surface area contributed by atoms with Gasteiger partial charge in [0.25, 0.3) is 0 Å². The van der Waals surface area contributed by atoms with Gasteiger partial charge in [-0.05, 0) is 35.8 Å². The van der Waals surface area contributed by atoms with Gasteiger partial charge in [-0.25, -0.2) is 0 Å². The Kier molecular flexibility index (Phi) is 5.93. The molecule has 0 saturated heterocycles. The first kappa shape index (κ1) is 16.2. The van der Waals surface area contributed by atoms with E-state index in [0.29, 0.717) is 5.92 Å². The quantitative estimate of drug-likeness (QED) is 0.542. The summed E-state index contributed by atoms with van der Waals surface area (Å²) in [6.45, 7) is 4.47. The molecule has 0 aliphatic heterocycles. The van der Waals surface area contributed by atoms with E-state index in [1.807, 2.05) is 12.1 Å². The third-order valence-corrected chi connectivity index (χ3v) is 4.76. The van der Waals surface area contributed by atoms with Crippen molar-refractivity contribution < 1.29 is 4.74 Å². The predicted molar refractivity (Wildman–Crippen MR) is 92.4 cm³/mol. The van der Waals surface area contributed by atoms with Crippen molar-refractivity contribution >= 4 is 22.4 Å². The molecular formula is C19H25ClO. The van der Waals surface area contributed by atoms with Crippen molar-refractivity contribution in [3.63, 3.8) is 0 Å². The topological polar surface area (TPSA) is 9.23 Å². The van der Waals surface area contributed by atoms with E-state index < -0.39 is 0 Å². The number of hydrogen-bond acceptors (Lipinski definition) is 1. The highest BCUT2D eigenvalue weighted by molar-refractivity contribution is 6.22. The van der Waals surface area contributed by atoms with E-state index in [-0.39, 0.29) is 5.38 Å². The SMILES string of the molecule is CCCC(CCC)C(Cl)c1ccc(OC)c2ccccc12. The van der Waals surface area contributed by atoms with Crippen molar-refractivity contribution in [2.75, 3.05) is 7.11 Å². The standard InChI is InChI=1S/C19H25ClO/c1-4-8-14(9-5-2)19(20)17-12-13-18(21-3)16-11-7-6-10-15(16)17/h6-7,10-14,19H,4-5,8-9H2,1-3H3. The van der Waals surface area contributed by atoms with E-state index in [1.165, 1.54) is 36.6 Å². The van der Waals surface area contributed by atoms with Gasteiger partial charge in [-0.1, -0.05) is 57.0 Å². The van der Waals surface area contributed by atoms with Gasteiger partial charge in [0.15, 0.2) is 0 Å². The van der Waals surface area contributed by atoms with Crippen molar-refractivity contribution in [3.05, 3.63) is 42.0 Å². The van der Waals surface area contributed by atoms with E-state index in [1.54, 1.807) is 7.11 Å². The molecule has 0 aliphatic rings. The molecule has 2 aromatic carbocycles. The van der Waals surface area contributed by atoms with Crippen LogP contribution in [0.3, 0.4) is 0 Å². The molecule has 0 bridgehead atoms. The van der Waals surface area contributed by atoms with Crippen LogP contribution in [0.4, 0.5) is 0 Å². The van der Waals surface area contributed by atoms with Crippen LogP contribution in [-0.2, 0) is 0 Å². The fourth-order valence-corrected chi connectivity index (χ4v) is 3.59. The van der Waals surface area contributed by atoms with Crippen LogP contribution in [0.1, 0.15) is 50.5 Å². The van der Waals surface area contributed by atoms with E-state index >= 15 is 0 Å². The van der Waals surface area contributed by atoms with Gasteiger partial charge in [0.05, 0.1) is 12.5 Å². The summed E-state index contributed by atoms with van der Waals surface area (Å²) in [5.74, 6) is 1.46. The van der Waals surface area contributed by atoms with Gasteiger partial charge in [-0.3, -0.25) is 0 Å². The molecule has 0 aliphatic carbocycles. The van der Waals surface area contributed by atoms with Crippen molar-refractivity contribution in [1.82, 2.24) is 0 Å². The van der Waals surface area contributed by atoms with Crippen LogP contribution in [0.15, 0.2) is 36.4 Å². The highest BCUT2D eigenvalue weighted by atomic mass is 35.5. The van der Waals surface area contributed by atoms with Crippen molar-refractivity contribution in [2.45, 2.75) is 44.9 Å². The smallest absolute Gasteiger partial charge is 0.126 e. The number of ether oxygens (including phenoxy) is 1. The van der Waals surface area contributed by atoms with Crippen molar-refractivity contribution in [1.29, 1.82) is 0 Å². The molecule has 1 atom stereocenters. The molecule has 0 radical (unpaired) electrons.